The highest BCUT2D eigenvalue weighted by Gasteiger charge is 2.23. The fourth-order valence-electron chi connectivity index (χ4n) is 3.46. The molecule has 9 nitrogen and oxygen atoms in total. The Balaban J connectivity index is 1.44. The second kappa shape index (κ2) is 12.5. The van der Waals surface area contributed by atoms with Gasteiger partial charge in [0, 0.05) is 17.7 Å². The molecule has 1 heterocycles. The zero-order chi connectivity index (χ0) is 26.9. The minimum Gasteiger partial charge on any atom is -0.462 e. The largest absolute Gasteiger partial charge is 0.462 e. The van der Waals surface area contributed by atoms with Crippen LogP contribution in [0.1, 0.15) is 22.8 Å². The molecule has 1 unspecified atom stereocenters. The van der Waals surface area contributed by atoms with Crippen LogP contribution in [0.4, 0.5) is 20.0 Å². The third-order valence-electron chi connectivity index (χ3n) is 5.30. The SMILES string of the molecule is CCOC(=O)c1ccc(NC(=O)NC(Cc2ccccc2)C(=O)Nc2nnc(-c3ccc(F)cc3)s2)cc1. The Kier molecular flexibility index (Phi) is 8.73. The van der Waals surface area contributed by atoms with Gasteiger partial charge in [-0.3, -0.25) is 10.1 Å². The Bertz CT molecular complexity index is 1400. The molecule has 0 aliphatic carbocycles. The summed E-state index contributed by atoms with van der Waals surface area (Å²) >= 11 is 1.13. The molecule has 0 radical (unpaired) electrons. The Morgan fingerprint density at radius 3 is 2.32 bits per heavy atom. The predicted octanol–water partition coefficient (Wildman–Crippen LogP) is 4.89. The first-order chi connectivity index (χ1) is 18.4. The Morgan fingerprint density at radius 1 is 0.921 bits per heavy atom. The number of esters is 1. The molecule has 0 spiro atoms. The zero-order valence-corrected chi connectivity index (χ0v) is 21.1. The van der Waals surface area contributed by atoms with Crippen LogP contribution in [0.3, 0.4) is 0 Å². The van der Waals surface area contributed by atoms with Gasteiger partial charge < -0.3 is 15.4 Å². The monoisotopic (exact) mass is 533 g/mol. The van der Waals surface area contributed by atoms with Gasteiger partial charge in [0.1, 0.15) is 16.9 Å². The number of halogens is 1. The number of carbonyl (C=O) groups excluding carboxylic acids is 3. The quantitative estimate of drug-likeness (QED) is 0.263. The number of rotatable bonds is 9. The van der Waals surface area contributed by atoms with Crippen molar-refractivity contribution in [2.75, 3.05) is 17.2 Å². The first-order valence-electron chi connectivity index (χ1n) is 11.7. The number of amides is 3. The van der Waals surface area contributed by atoms with E-state index in [0.717, 1.165) is 16.9 Å². The number of aromatic nitrogens is 2. The first-order valence-corrected chi connectivity index (χ1v) is 12.5. The molecule has 194 valence electrons. The van der Waals surface area contributed by atoms with Crippen molar-refractivity contribution in [1.82, 2.24) is 15.5 Å². The summed E-state index contributed by atoms with van der Waals surface area (Å²) in [4.78, 5) is 37.7. The van der Waals surface area contributed by atoms with Crippen LogP contribution < -0.4 is 16.0 Å². The third-order valence-corrected chi connectivity index (χ3v) is 6.19. The van der Waals surface area contributed by atoms with Gasteiger partial charge in [-0.2, -0.15) is 0 Å². The van der Waals surface area contributed by atoms with E-state index in [-0.39, 0.29) is 24.0 Å². The molecule has 0 aliphatic heterocycles. The topological polar surface area (TPSA) is 122 Å². The molecule has 3 aromatic carbocycles. The van der Waals surface area contributed by atoms with Gasteiger partial charge in [0.2, 0.25) is 11.0 Å². The summed E-state index contributed by atoms with van der Waals surface area (Å²) in [5.41, 5.74) is 2.30. The highest BCUT2D eigenvalue weighted by molar-refractivity contribution is 7.18. The number of urea groups is 1. The Morgan fingerprint density at radius 2 is 1.63 bits per heavy atom. The molecule has 3 N–H and O–H groups in total. The van der Waals surface area contributed by atoms with Gasteiger partial charge in [-0.25, -0.2) is 14.0 Å². The van der Waals surface area contributed by atoms with Crippen LogP contribution >= 0.6 is 11.3 Å². The maximum Gasteiger partial charge on any atom is 0.338 e. The van der Waals surface area contributed by atoms with Crippen LogP contribution in [0.2, 0.25) is 0 Å². The van der Waals surface area contributed by atoms with Crippen molar-refractivity contribution in [1.29, 1.82) is 0 Å². The van der Waals surface area contributed by atoms with Gasteiger partial charge >= 0.3 is 12.0 Å². The van der Waals surface area contributed by atoms with Crippen molar-refractivity contribution in [2.45, 2.75) is 19.4 Å². The summed E-state index contributed by atoms with van der Waals surface area (Å²) in [7, 11) is 0. The van der Waals surface area contributed by atoms with Crippen LogP contribution in [0, 0.1) is 5.82 Å². The summed E-state index contributed by atoms with van der Waals surface area (Å²) in [6.07, 6.45) is 0.228. The number of carbonyl (C=O) groups is 3. The van der Waals surface area contributed by atoms with Crippen molar-refractivity contribution in [3.63, 3.8) is 0 Å². The number of benzene rings is 3. The van der Waals surface area contributed by atoms with E-state index < -0.39 is 23.9 Å². The molecule has 0 saturated carbocycles. The second-order valence-corrected chi connectivity index (χ2v) is 9.02. The number of ether oxygens (including phenoxy) is 1. The van der Waals surface area contributed by atoms with Crippen LogP contribution in [-0.2, 0) is 16.0 Å². The average Bonchev–Trinajstić information content (AvgIpc) is 3.38. The summed E-state index contributed by atoms with van der Waals surface area (Å²) in [5, 5.41) is 16.9. The standard InChI is InChI=1S/C27H24FN5O4S/c1-2-37-25(35)19-10-14-21(15-11-19)29-26(36)30-22(16-17-6-4-3-5-7-17)23(34)31-27-33-32-24(38-27)18-8-12-20(28)13-9-18/h3-15,22H,2,16H2,1H3,(H2,29,30,36)(H,31,33,34). The average molecular weight is 534 g/mol. The highest BCUT2D eigenvalue weighted by Crippen LogP contribution is 2.26. The van der Waals surface area contributed by atoms with Crippen molar-refractivity contribution in [2.24, 2.45) is 0 Å². The zero-order valence-electron chi connectivity index (χ0n) is 20.3. The van der Waals surface area contributed by atoms with E-state index in [4.69, 9.17) is 4.74 Å². The fraction of sp³-hybridized carbons (Fsp3) is 0.148. The lowest BCUT2D eigenvalue weighted by Gasteiger charge is -2.18. The first kappa shape index (κ1) is 26.4. The van der Waals surface area contributed by atoms with Gasteiger partial charge in [-0.05, 0) is 61.0 Å². The van der Waals surface area contributed by atoms with Crippen LogP contribution in [0.5, 0.6) is 0 Å². The van der Waals surface area contributed by atoms with Crippen molar-refractivity contribution in [3.05, 3.63) is 95.8 Å². The van der Waals surface area contributed by atoms with Crippen LogP contribution in [0.25, 0.3) is 10.6 Å². The molecule has 0 saturated heterocycles. The number of nitrogens with one attached hydrogen (secondary N) is 3. The molecule has 3 amide bonds. The highest BCUT2D eigenvalue weighted by atomic mass is 32.1. The van der Waals surface area contributed by atoms with E-state index in [1.807, 2.05) is 30.3 Å². The molecule has 0 fully saturated rings. The molecule has 0 aliphatic rings. The molecule has 4 rings (SSSR count). The minimum absolute atomic E-state index is 0.228. The normalized spacial score (nSPS) is 11.3. The molecule has 11 heteroatoms. The van der Waals surface area contributed by atoms with Crippen molar-refractivity contribution >= 4 is 40.1 Å². The van der Waals surface area contributed by atoms with E-state index in [1.165, 1.54) is 24.3 Å². The lowest BCUT2D eigenvalue weighted by atomic mass is 10.1. The molecule has 1 atom stereocenters. The fourth-order valence-corrected chi connectivity index (χ4v) is 4.22. The van der Waals surface area contributed by atoms with E-state index >= 15 is 0 Å². The molecule has 1 aromatic heterocycles. The maximum absolute atomic E-state index is 13.2. The third kappa shape index (κ3) is 7.20. The Labute approximate surface area is 222 Å². The lowest BCUT2D eigenvalue weighted by Crippen LogP contribution is -2.46. The summed E-state index contributed by atoms with van der Waals surface area (Å²) in [6.45, 7) is 1.98. The van der Waals surface area contributed by atoms with E-state index in [0.29, 0.717) is 21.8 Å². The lowest BCUT2D eigenvalue weighted by molar-refractivity contribution is -0.117. The van der Waals surface area contributed by atoms with Crippen molar-refractivity contribution in [3.8, 4) is 10.6 Å². The van der Waals surface area contributed by atoms with Gasteiger partial charge in [0.25, 0.3) is 0 Å². The second-order valence-electron chi connectivity index (χ2n) is 8.05. The van der Waals surface area contributed by atoms with Gasteiger partial charge in [-0.15, -0.1) is 10.2 Å². The van der Waals surface area contributed by atoms with E-state index in [2.05, 4.69) is 26.1 Å². The molecule has 0 bridgehead atoms. The van der Waals surface area contributed by atoms with Crippen LogP contribution in [-0.4, -0.2) is 40.8 Å². The van der Waals surface area contributed by atoms with E-state index in [9.17, 15) is 18.8 Å². The number of hydrogen-bond acceptors (Lipinski definition) is 7. The number of nitrogens with zero attached hydrogens (tertiary/aromatic N) is 2. The minimum atomic E-state index is -0.936. The van der Waals surface area contributed by atoms with E-state index in [1.54, 1.807) is 31.2 Å². The number of hydrogen-bond donors (Lipinski definition) is 3. The molecule has 38 heavy (non-hydrogen) atoms. The van der Waals surface area contributed by atoms with Gasteiger partial charge in [0.05, 0.1) is 12.2 Å². The summed E-state index contributed by atoms with van der Waals surface area (Å²) < 4.78 is 18.2. The van der Waals surface area contributed by atoms with Crippen LogP contribution in [0.15, 0.2) is 78.9 Å². The van der Waals surface area contributed by atoms with Crippen molar-refractivity contribution < 1.29 is 23.5 Å². The Hall–Kier alpha value is -4.64. The van der Waals surface area contributed by atoms with Gasteiger partial charge in [-0.1, -0.05) is 41.7 Å². The molecular weight excluding hydrogens is 509 g/mol. The maximum atomic E-state index is 13.2. The summed E-state index contributed by atoms with van der Waals surface area (Å²) in [5.74, 6) is -1.30. The smallest absolute Gasteiger partial charge is 0.338 e. The molecular formula is C27H24FN5O4S. The number of anilines is 2. The van der Waals surface area contributed by atoms with Gasteiger partial charge in [0.15, 0.2) is 0 Å². The predicted molar refractivity (Wildman–Crippen MR) is 142 cm³/mol. The molecule has 4 aromatic rings. The summed E-state index contributed by atoms with van der Waals surface area (Å²) in [6, 6.07) is 19.7.